The van der Waals surface area contributed by atoms with Gasteiger partial charge >= 0.3 is 0 Å². The number of nitrogens with one attached hydrogen (secondary N) is 1. The van der Waals surface area contributed by atoms with Gasteiger partial charge in [0.05, 0.1) is 18.8 Å². The molecule has 0 aromatic carbocycles. The van der Waals surface area contributed by atoms with E-state index in [0.29, 0.717) is 6.42 Å². The molecule has 0 spiro atoms. The van der Waals surface area contributed by atoms with Gasteiger partial charge in [-0.05, 0) is 70.6 Å². The largest absolute Gasteiger partial charge is 0.394 e. The van der Waals surface area contributed by atoms with Crippen molar-refractivity contribution in [3.8, 4) is 0 Å². The lowest BCUT2D eigenvalue weighted by Crippen LogP contribution is -2.45. The summed E-state index contributed by atoms with van der Waals surface area (Å²) < 4.78 is 0. The average Bonchev–Trinajstić information content (AvgIpc) is 3.19. The molecule has 4 heteroatoms. The van der Waals surface area contributed by atoms with Crippen molar-refractivity contribution >= 4 is 5.91 Å². The molecule has 4 nitrogen and oxygen atoms in total. The lowest BCUT2D eigenvalue weighted by Gasteiger charge is -2.19. The smallest absolute Gasteiger partial charge is 0.220 e. The van der Waals surface area contributed by atoms with E-state index in [4.69, 9.17) is 0 Å². The van der Waals surface area contributed by atoms with Crippen LogP contribution in [0.15, 0.2) is 72.9 Å². The summed E-state index contributed by atoms with van der Waals surface area (Å²) in [6, 6.07) is -0.639. The third-order valence-electron chi connectivity index (χ3n) is 10.4. The van der Waals surface area contributed by atoms with E-state index < -0.39 is 12.1 Å². The van der Waals surface area contributed by atoms with E-state index in [0.717, 1.165) is 57.8 Å². The van der Waals surface area contributed by atoms with Crippen LogP contribution in [0.2, 0.25) is 0 Å². The standard InChI is InChI=1S/C51H91NO3/c1-3-5-7-9-11-13-15-17-18-19-20-21-22-23-24-25-26-27-28-29-30-31-32-33-34-35-37-39-41-43-45-47-51(55)52-49(48-53)50(54)46-44-42-40-38-36-16-14-12-10-8-6-4-2/h5,7,11,13,17-18,20-21,36,38,44,46,49-50,53-54H,3-4,6,8-10,12,14-16,19,22-35,37,39-43,45,47-48H2,1-2H3,(H,52,55)/b7-5-,13-11-,18-17-,21-20-,38-36+,46-44+. The van der Waals surface area contributed by atoms with Gasteiger partial charge in [-0.25, -0.2) is 0 Å². The first kappa shape index (κ1) is 52.8. The Morgan fingerprint density at radius 1 is 0.455 bits per heavy atom. The fourth-order valence-corrected chi connectivity index (χ4v) is 6.83. The van der Waals surface area contributed by atoms with Crippen LogP contribution in [-0.2, 0) is 4.79 Å². The van der Waals surface area contributed by atoms with E-state index in [1.165, 1.54) is 148 Å². The number of carbonyl (C=O) groups is 1. The second-order valence-electron chi connectivity index (χ2n) is 15.8. The average molecular weight is 766 g/mol. The van der Waals surface area contributed by atoms with Crippen LogP contribution < -0.4 is 5.32 Å². The van der Waals surface area contributed by atoms with Gasteiger partial charge in [0.15, 0.2) is 0 Å². The number of hydrogen-bond acceptors (Lipinski definition) is 3. The number of allylic oxidation sites excluding steroid dienone is 11. The summed E-state index contributed by atoms with van der Waals surface area (Å²) in [5.74, 6) is -0.0756. The van der Waals surface area contributed by atoms with Crippen molar-refractivity contribution in [2.24, 2.45) is 0 Å². The minimum absolute atomic E-state index is 0.0756. The number of rotatable bonds is 42. The van der Waals surface area contributed by atoms with Gasteiger partial charge in [0, 0.05) is 6.42 Å². The van der Waals surface area contributed by atoms with E-state index in [9.17, 15) is 15.0 Å². The minimum Gasteiger partial charge on any atom is -0.394 e. The number of hydrogen-bond donors (Lipinski definition) is 3. The van der Waals surface area contributed by atoms with Crippen LogP contribution >= 0.6 is 0 Å². The molecule has 0 heterocycles. The maximum absolute atomic E-state index is 12.4. The van der Waals surface area contributed by atoms with Crippen LogP contribution in [-0.4, -0.2) is 34.9 Å². The number of carbonyl (C=O) groups excluding carboxylic acids is 1. The summed E-state index contributed by atoms with van der Waals surface area (Å²) in [7, 11) is 0. The van der Waals surface area contributed by atoms with Crippen molar-refractivity contribution in [2.45, 2.75) is 238 Å². The molecule has 55 heavy (non-hydrogen) atoms. The molecule has 2 unspecified atom stereocenters. The van der Waals surface area contributed by atoms with Gasteiger partial charge in [0.2, 0.25) is 5.91 Å². The molecule has 0 bridgehead atoms. The highest BCUT2D eigenvalue weighted by molar-refractivity contribution is 5.76. The van der Waals surface area contributed by atoms with Gasteiger partial charge in [-0.2, -0.15) is 0 Å². The summed E-state index contributed by atoms with van der Waals surface area (Å²) in [6.45, 7) is 4.16. The van der Waals surface area contributed by atoms with E-state index in [2.05, 4.69) is 79.9 Å². The first-order chi connectivity index (χ1) is 27.2. The van der Waals surface area contributed by atoms with Crippen LogP contribution in [0.1, 0.15) is 226 Å². The molecule has 0 aromatic rings. The van der Waals surface area contributed by atoms with Crippen LogP contribution in [0, 0.1) is 0 Å². The lowest BCUT2D eigenvalue weighted by molar-refractivity contribution is -0.123. The first-order valence-electron chi connectivity index (χ1n) is 23.7. The maximum Gasteiger partial charge on any atom is 0.220 e. The Morgan fingerprint density at radius 3 is 1.27 bits per heavy atom. The van der Waals surface area contributed by atoms with E-state index in [1.54, 1.807) is 6.08 Å². The van der Waals surface area contributed by atoms with Crippen molar-refractivity contribution in [1.29, 1.82) is 0 Å². The molecule has 0 aliphatic rings. The molecule has 1 amide bonds. The summed E-state index contributed by atoms with van der Waals surface area (Å²) in [5.41, 5.74) is 0. The van der Waals surface area contributed by atoms with Gasteiger partial charge in [-0.1, -0.05) is 222 Å². The Morgan fingerprint density at radius 2 is 0.818 bits per heavy atom. The van der Waals surface area contributed by atoms with E-state index >= 15 is 0 Å². The Hall–Kier alpha value is -2.17. The van der Waals surface area contributed by atoms with Gasteiger partial charge < -0.3 is 15.5 Å². The highest BCUT2D eigenvalue weighted by Crippen LogP contribution is 2.15. The topological polar surface area (TPSA) is 69.6 Å². The molecule has 0 aliphatic carbocycles. The minimum atomic E-state index is -0.862. The number of amides is 1. The zero-order valence-corrected chi connectivity index (χ0v) is 36.4. The lowest BCUT2D eigenvalue weighted by atomic mass is 10.0. The Labute approximate surface area is 342 Å². The van der Waals surface area contributed by atoms with Crippen LogP contribution in [0.25, 0.3) is 0 Å². The van der Waals surface area contributed by atoms with Crippen LogP contribution in [0.3, 0.4) is 0 Å². The zero-order valence-electron chi connectivity index (χ0n) is 36.4. The van der Waals surface area contributed by atoms with Gasteiger partial charge in [-0.3, -0.25) is 4.79 Å². The molecule has 0 rings (SSSR count). The van der Waals surface area contributed by atoms with E-state index in [-0.39, 0.29) is 12.5 Å². The van der Waals surface area contributed by atoms with Gasteiger partial charge in [0.1, 0.15) is 0 Å². The molecule has 0 aliphatic heterocycles. The molecule has 0 fully saturated rings. The molecular weight excluding hydrogens is 675 g/mol. The van der Waals surface area contributed by atoms with Crippen LogP contribution in [0.5, 0.6) is 0 Å². The predicted molar refractivity (Wildman–Crippen MR) is 244 cm³/mol. The summed E-state index contributed by atoms with van der Waals surface area (Å²) >= 11 is 0. The van der Waals surface area contributed by atoms with Crippen LogP contribution in [0.4, 0.5) is 0 Å². The SMILES string of the molecule is CC/C=C\C/C=C\C/C=C\C/C=C\CCCCCCCCCCCCCCCCCCCCC(=O)NC(CO)C(O)/C=C/CC/C=C/CCCCCCCC. The highest BCUT2D eigenvalue weighted by Gasteiger charge is 2.17. The van der Waals surface area contributed by atoms with Gasteiger partial charge in [0.25, 0.3) is 0 Å². The zero-order chi connectivity index (χ0) is 40.0. The van der Waals surface area contributed by atoms with Gasteiger partial charge in [-0.15, -0.1) is 0 Å². The molecule has 0 radical (unpaired) electrons. The predicted octanol–water partition coefficient (Wildman–Crippen LogP) is 15.1. The third kappa shape index (κ3) is 42.8. The summed E-state index contributed by atoms with van der Waals surface area (Å²) in [6.07, 6.45) is 66.1. The van der Waals surface area contributed by atoms with Crippen molar-refractivity contribution in [3.05, 3.63) is 72.9 Å². The Balaban J connectivity index is 3.50. The monoisotopic (exact) mass is 766 g/mol. The quantitative estimate of drug-likeness (QED) is 0.0428. The molecule has 2 atom stereocenters. The fourth-order valence-electron chi connectivity index (χ4n) is 6.83. The molecule has 0 saturated heterocycles. The molecule has 0 saturated carbocycles. The molecule has 3 N–H and O–H groups in total. The Bertz CT molecular complexity index is 961. The maximum atomic E-state index is 12.4. The summed E-state index contributed by atoms with van der Waals surface area (Å²) in [4.78, 5) is 12.4. The number of unbranched alkanes of at least 4 members (excludes halogenated alkanes) is 25. The second kappa shape index (κ2) is 46.2. The number of aliphatic hydroxyl groups excluding tert-OH is 2. The normalized spacial score (nSPS) is 13.6. The second-order valence-corrected chi connectivity index (χ2v) is 15.8. The van der Waals surface area contributed by atoms with E-state index in [1.807, 2.05) is 6.08 Å². The highest BCUT2D eigenvalue weighted by atomic mass is 16.3. The fraction of sp³-hybridized carbons (Fsp3) is 0.745. The molecular formula is C51H91NO3. The van der Waals surface area contributed by atoms with Crippen molar-refractivity contribution in [1.82, 2.24) is 5.32 Å². The van der Waals surface area contributed by atoms with Crippen molar-refractivity contribution in [2.75, 3.05) is 6.61 Å². The summed E-state index contributed by atoms with van der Waals surface area (Å²) in [5, 5.41) is 22.9. The first-order valence-corrected chi connectivity index (χ1v) is 23.7. The molecule has 318 valence electrons. The van der Waals surface area contributed by atoms with Crippen molar-refractivity contribution in [3.63, 3.8) is 0 Å². The third-order valence-corrected chi connectivity index (χ3v) is 10.4. The Kier molecular flexibility index (Phi) is 44.4. The number of aliphatic hydroxyl groups is 2. The van der Waals surface area contributed by atoms with Crippen molar-refractivity contribution < 1.29 is 15.0 Å². The molecule has 0 aromatic heterocycles.